The summed E-state index contributed by atoms with van der Waals surface area (Å²) in [5.41, 5.74) is 2.56. The molecule has 0 bridgehead atoms. The maximum absolute atomic E-state index is 14.1. The van der Waals surface area contributed by atoms with E-state index in [1.165, 1.54) is 6.07 Å². The number of hydrogen-bond acceptors (Lipinski definition) is 5. The lowest BCUT2D eigenvalue weighted by Gasteiger charge is -2.31. The summed E-state index contributed by atoms with van der Waals surface area (Å²) in [6.07, 6.45) is -0.204. The Balaban J connectivity index is 1.95. The standard InChI is InChI=1S/C25H32F2N6O/c1-15(2)13-33(14-16(3)4)23-9-7-18(17(5)25-29-31-32-30-25)10-22(23)28-24(34)11-19-6-8-20(26)12-21(19)27/h6-10,12,15-17H,11,13-14H2,1-5H3,(H,28,34)(H,29,30,31,32). The Morgan fingerprint density at radius 1 is 1.03 bits per heavy atom. The van der Waals surface area contributed by atoms with Crippen LogP contribution in [0.15, 0.2) is 36.4 Å². The highest BCUT2D eigenvalue weighted by Crippen LogP contribution is 2.33. The van der Waals surface area contributed by atoms with Gasteiger partial charge in [0.2, 0.25) is 5.91 Å². The summed E-state index contributed by atoms with van der Waals surface area (Å²) in [5.74, 6) is -0.588. The lowest BCUT2D eigenvalue weighted by molar-refractivity contribution is -0.115. The fraction of sp³-hybridized carbons (Fsp3) is 0.440. The molecule has 2 N–H and O–H groups in total. The summed E-state index contributed by atoms with van der Waals surface area (Å²) in [7, 11) is 0. The number of benzene rings is 2. The van der Waals surface area contributed by atoms with E-state index in [1.807, 2.05) is 25.1 Å². The minimum absolute atomic E-state index is 0.137. The zero-order valence-electron chi connectivity index (χ0n) is 20.3. The number of tetrazole rings is 1. The van der Waals surface area contributed by atoms with Crippen molar-refractivity contribution < 1.29 is 13.6 Å². The smallest absolute Gasteiger partial charge is 0.228 e. The van der Waals surface area contributed by atoms with Crippen LogP contribution in [0.3, 0.4) is 0 Å². The summed E-state index contributed by atoms with van der Waals surface area (Å²) in [6.45, 7) is 12.2. The van der Waals surface area contributed by atoms with E-state index in [4.69, 9.17) is 0 Å². The van der Waals surface area contributed by atoms with Crippen LogP contribution in [0.2, 0.25) is 0 Å². The van der Waals surface area contributed by atoms with Crippen LogP contribution in [0, 0.1) is 23.5 Å². The monoisotopic (exact) mass is 470 g/mol. The van der Waals surface area contributed by atoms with Crippen LogP contribution in [-0.2, 0) is 11.2 Å². The number of H-pyrrole nitrogens is 1. The molecular formula is C25H32F2N6O. The lowest BCUT2D eigenvalue weighted by atomic mass is 9.98. The van der Waals surface area contributed by atoms with Crippen LogP contribution >= 0.6 is 0 Å². The van der Waals surface area contributed by atoms with Crippen molar-refractivity contribution in [3.05, 3.63) is 65.0 Å². The maximum atomic E-state index is 14.1. The molecule has 1 unspecified atom stereocenters. The molecule has 0 saturated carbocycles. The van der Waals surface area contributed by atoms with Crippen molar-refractivity contribution in [2.45, 2.75) is 47.0 Å². The van der Waals surface area contributed by atoms with Gasteiger partial charge in [-0.1, -0.05) is 52.0 Å². The molecule has 3 rings (SSSR count). The van der Waals surface area contributed by atoms with Crippen molar-refractivity contribution in [3.8, 4) is 0 Å². The molecule has 0 fully saturated rings. The quantitative estimate of drug-likeness (QED) is 0.439. The molecule has 0 saturated heterocycles. The first kappa shape index (κ1) is 25.3. The number of carbonyl (C=O) groups excluding carboxylic acids is 1. The zero-order valence-corrected chi connectivity index (χ0v) is 20.3. The van der Waals surface area contributed by atoms with Gasteiger partial charge in [0.25, 0.3) is 0 Å². The first-order chi connectivity index (χ1) is 16.1. The van der Waals surface area contributed by atoms with E-state index in [0.717, 1.165) is 36.5 Å². The molecule has 0 aliphatic rings. The van der Waals surface area contributed by atoms with Crippen molar-refractivity contribution in [1.29, 1.82) is 0 Å². The molecule has 0 spiro atoms. The van der Waals surface area contributed by atoms with E-state index in [0.29, 0.717) is 23.3 Å². The van der Waals surface area contributed by atoms with Crippen LogP contribution in [0.4, 0.5) is 20.2 Å². The van der Waals surface area contributed by atoms with Gasteiger partial charge in [-0.2, -0.15) is 5.21 Å². The second-order valence-electron chi connectivity index (χ2n) is 9.42. The first-order valence-corrected chi connectivity index (χ1v) is 11.5. The highest BCUT2D eigenvalue weighted by atomic mass is 19.1. The van der Waals surface area contributed by atoms with Gasteiger partial charge in [0, 0.05) is 25.1 Å². The Hall–Kier alpha value is -3.36. The van der Waals surface area contributed by atoms with Crippen molar-refractivity contribution >= 4 is 17.3 Å². The van der Waals surface area contributed by atoms with Crippen molar-refractivity contribution in [2.75, 3.05) is 23.3 Å². The number of anilines is 2. The van der Waals surface area contributed by atoms with Gasteiger partial charge in [-0.05, 0) is 41.2 Å². The molecule has 0 radical (unpaired) electrons. The van der Waals surface area contributed by atoms with E-state index in [1.54, 1.807) is 0 Å². The SMILES string of the molecule is CC(C)CN(CC(C)C)c1ccc(C(C)c2nn[nH]n2)cc1NC(=O)Cc1ccc(F)cc1F. The molecular weight excluding hydrogens is 438 g/mol. The van der Waals surface area contributed by atoms with Crippen LogP contribution in [0.1, 0.15) is 57.5 Å². The molecule has 0 aliphatic carbocycles. The molecule has 1 amide bonds. The Kier molecular flexibility index (Phi) is 8.31. The van der Waals surface area contributed by atoms with E-state index in [9.17, 15) is 13.6 Å². The average Bonchev–Trinajstić information content (AvgIpc) is 3.29. The largest absolute Gasteiger partial charge is 0.369 e. The van der Waals surface area contributed by atoms with Gasteiger partial charge in [-0.15, -0.1) is 10.2 Å². The molecule has 3 aromatic rings. The van der Waals surface area contributed by atoms with Crippen molar-refractivity contribution in [2.24, 2.45) is 11.8 Å². The van der Waals surface area contributed by atoms with Gasteiger partial charge < -0.3 is 10.2 Å². The topological polar surface area (TPSA) is 86.8 Å². The van der Waals surface area contributed by atoms with Gasteiger partial charge in [0.15, 0.2) is 5.82 Å². The fourth-order valence-electron chi connectivity index (χ4n) is 3.89. The van der Waals surface area contributed by atoms with E-state index in [-0.39, 0.29) is 23.8 Å². The van der Waals surface area contributed by atoms with Crippen LogP contribution in [0.5, 0.6) is 0 Å². The first-order valence-electron chi connectivity index (χ1n) is 11.5. The number of aromatic nitrogens is 4. The summed E-state index contributed by atoms with van der Waals surface area (Å²) in [5, 5.41) is 17.2. The predicted molar refractivity (Wildman–Crippen MR) is 129 cm³/mol. The number of carbonyl (C=O) groups is 1. The summed E-state index contributed by atoms with van der Waals surface area (Å²) >= 11 is 0. The van der Waals surface area contributed by atoms with Crippen LogP contribution in [-0.4, -0.2) is 39.6 Å². The van der Waals surface area contributed by atoms with Gasteiger partial charge in [0.1, 0.15) is 11.6 Å². The zero-order chi connectivity index (χ0) is 24.8. The minimum atomic E-state index is -0.740. The number of nitrogens with one attached hydrogen (secondary N) is 2. The van der Waals surface area contributed by atoms with Crippen LogP contribution in [0.25, 0.3) is 0 Å². The second kappa shape index (κ2) is 11.2. The van der Waals surface area contributed by atoms with Crippen molar-refractivity contribution in [3.63, 3.8) is 0 Å². The van der Waals surface area contributed by atoms with E-state index >= 15 is 0 Å². The van der Waals surface area contributed by atoms with Gasteiger partial charge >= 0.3 is 0 Å². The predicted octanol–water partition coefficient (Wildman–Crippen LogP) is 4.93. The number of amides is 1. The molecule has 1 atom stereocenters. The summed E-state index contributed by atoms with van der Waals surface area (Å²) in [6, 6.07) is 9.13. The molecule has 9 heteroatoms. The Bertz CT molecular complexity index is 1090. The minimum Gasteiger partial charge on any atom is -0.369 e. The summed E-state index contributed by atoms with van der Waals surface area (Å²) < 4.78 is 27.4. The van der Waals surface area contributed by atoms with Gasteiger partial charge in [0.05, 0.1) is 17.8 Å². The highest BCUT2D eigenvalue weighted by Gasteiger charge is 2.20. The molecule has 1 aromatic heterocycles. The Labute approximate surface area is 199 Å². The number of nitrogens with zero attached hydrogens (tertiary/aromatic N) is 4. The summed E-state index contributed by atoms with van der Waals surface area (Å²) in [4.78, 5) is 15.2. The third-order valence-corrected chi connectivity index (χ3v) is 5.42. The van der Waals surface area contributed by atoms with Crippen LogP contribution < -0.4 is 10.2 Å². The molecule has 1 heterocycles. The lowest BCUT2D eigenvalue weighted by Crippen LogP contribution is -2.32. The van der Waals surface area contributed by atoms with Crippen molar-refractivity contribution in [1.82, 2.24) is 20.6 Å². The Morgan fingerprint density at radius 3 is 2.32 bits per heavy atom. The molecule has 182 valence electrons. The number of aromatic amines is 1. The highest BCUT2D eigenvalue weighted by molar-refractivity contribution is 5.95. The van der Waals surface area contributed by atoms with E-state index in [2.05, 4.69) is 58.5 Å². The molecule has 7 nitrogen and oxygen atoms in total. The third-order valence-electron chi connectivity index (χ3n) is 5.42. The number of hydrogen-bond donors (Lipinski definition) is 2. The molecule has 0 aliphatic heterocycles. The maximum Gasteiger partial charge on any atom is 0.228 e. The third kappa shape index (κ3) is 6.59. The average molecular weight is 471 g/mol. The molecule has 34 heavy (non-hydrogen) atoms. The fourth-order valence-corrected chi connectivity index (χ4v) is 3.89. The second-order valence-corrected chi connectivity index (χ2v) is 9.42. The van der Waals surface area contributed by atoms with Gasteiger partial charge in [-0.25, -0.2) is 8.78 Å². The van der Waals surface area contributed by atoms with E-state index < -0.39 is 11.6 Å². The normalized spacial score (nSPS) is 12.3. The number of rotatable bonds is 10. The number of halogens is 2. The Morgan fingerprint density at radius 2 is 1.74 bits per heavy atom. The molecule has 2 aromatic carbocycles. The van der Waals surface area contributed by atoms with Gasteiger partial charge in [-0.3, -0.25) is 4.79 Å².